The van der Waals surface area contributed by atoms with Crippen LogP contribution in [0.15, 0.2) is 28.8 Å². The number of primary amides is 1. The Kier molecular flexibility index (Phi) is 5.25. The summed E-state index contributed by atoms with van der Waals surface area (Å²) < 4.78 is 49.7. The zero-order chi connectivity index (χ0) is 20.5. The van der Waals surface area contributed by atoms with E-state index in [1.165, 1.54) is 24.0 Å². The number of hydrogen-bond donors (Lipinski definition) is 1. The van der Waals surface area contributed by atoms with Crippen molar-refractivity contribution < 1.29 is 32.0 Å². The number of alkyl halides is 3. The van der Waals surface area contributed by atoms with Gasteiger partial charge in [-0.25, -0.2) is 0 Å². The highest BCUT2D eigenvalue weighted by Gasteiger charge is 2.38. The lowest BCUT2D eigenvalue weighted by atomic mass is 10.2. The summed E-state index contributed by atoms with van der Waals surface area (Å²) in [7, 11) is 0. The molecule has 1 aromatic heterocycles. The lowest BCUT2D eigenvalue weighted by Crippen LogP contribution is -2.40. The average molecular weight is 398 g/mol. The van der Waals surface area contributed by atoms with E-state index in [1.807, 2.05) is 0 Å². The second kappa shape index (κ2) is 7.49. The first kappa shape index (κ1) is 19.6. The minimum absolute atomic E-state index is 0.0440. The van der Waals surface area contributed by atoms with E-state index >= 15 is 0 Å². The van der Waals surface area contributed by atoms with Crippen LogP contribution in [0.1, 0.15) is 47.9 Å². The fourth-order valence-electron chi connectivity index (χ4n) is 3.04. The molecule has 2 N–H and O–H groups in total. The van der Waals surface area contributed by atoms with E-state index in [4.69, 9.17) is 15.0 Å². The number of para-hydroxylation sites is 1. The molecule has 0 radical (unpaired) electrons. The van der Waals surface area contributed by atoms with E-state index in [2.05, 4.69) is 10.1 Å². The van der Waals surface area contributed by atoms with Crippen molar-refractivity contribution >= 4 is 11.8 Å². The predicted molar refractivity (Wildman–Crippen MR) is 88.0 cm³/mol. The van der Waals surface area contributed by atoms with Crippen molar-refractivity contribution in [2.24, 2.45) is 5.73 Å². The predicted octanol–water partition coefficient (Wildman–Crippen LogP) is 2.32. The molecule has 2 amide bonds. The van der Waals surface area contributed by atoms with Crippen molar-refractivity contribution in [3.8, 4) is 5.75 Å². The molecule has 8 nitrogen and oxygen atoms in total. The van der Waals surface area contributed by atoms with Crippen molar-refractivity contribution in [2.45, 2.75) is 38.1 Å². The fourth-order valence-corrected chi connectivity index (χ4v) is 3.04. The summed E-state index contributed by atoms with van der Waals surface area (Å²) in [5.74, 6) is -2.09. The van der Waals surface area contributed by atoms with Crippen molar-refractivity contribution in [1.82, 2.24) is 15.0 Å². The molecule has 1 fully saturated rings. The molecule has 0 aliphatic carbocycles. The Labute approximate surface area is 157 Å². The van der Waals surface area contributed by atoms with E-state index < -0.39 is 41.4 Å². The Hall–Kier alpha value is -3.11. The van der Waals surface area contributed by atoms with Gasteiger partial charge in [0, 0.05) is 6.54 Å². The van der Waals surface area contributed by atoms with Gasteiger partial charge in [-0.3, -0.25) is 9.59 Å². The number of ether oxygens (including phenoxy) is 1. The maximum atomic E-state index is 13.1. The highest BCUT2D eigenvalue weighted by atomic mass is 19.4. The smallest absolute Gasteiger partial charge is 0.419 e. The number of amides is 2. The summed E-state index contributed by atoms with van der Waals surface area (Å²) in [6.45, 7) is 1.71. The normalized spacial score (nSPS) is 18.1. The van der Waals surface area contributed by atoms with E-state index in [-0.39, 0.29) is 11.7 Å². The van der Waals surface area contributed by atoms with Gasteiger partial charge in [0.05, 0.1) is 5.56 Å². The molecule has 2 heterocycles. The van der Waals surface area contributed by atoms with Crippen LogP contribution in [-0.2, 0) is 11.0 Å². The van der Waals surface area contributed by atoms with Gasteiger partial charge in [0.1, 0.15) is 11.8 Å². The molecule has 0 unspecified atom stereocenters. The molecule has 1 aliphatic rings. The number of rotatable bonds is 5. The first-order valence-electron chi connectivity index (χ1n) is 8.45. The lowest BCUT2D eigenvalue weighted by Gasteiger charge is -2.26. The van der Waals surface area contributed by atoms with Crippen molar-refractivity contribution in [1.29, 1.82) is 0 Å². The highest BCUT2D eigenvalue weighted by Crippen LogP contribution is 2.37. The summed E-state index contributed by atoms with van der Waals surface area (Å²) in [5, 5.41) is 3.45. The van der Waals surface area contributed by atoms with Gasteiger partial charge in [0.2, 0.25) is 5.89 Å². The quantitative estimate of drug-likeness (QED) is 0.827. The minimum Gasteiger partial charge on any atom is -0.480 e. The van der Waals surface area contributed by atoms with Crippen molar-refractivity contribution in [2.75, 3.05) is 6.54 Å². The number of nitrogens with two attached hydrogens (primary N) is 1. The number of benzene rings is 1. The van der Waals surface area contributed by atoms with Gasteiger partial charge < -0.3 is 19.9 Å². The third kappa shape index (κ3) is 3.92. The summed E-state index contributed by atoms with van der Waals surface area (Å²) in [5.41, 5.74) is 4.12. The Bertz CT molecular complexity index is 883. The number of carbonyl (C=O) groups is 2. The van der Waals surface area contributed by atoms with Gasteiger partial charge in [0.15, 0.2) is 6.10 Å². The molecule has 0 bridgehead atoms. The first-order chi connectivity index (χ1) is 13.2. The van der Waals surface area contributed by atoms with E-state index in [0.29, 0.717) is 19.4 Å². The summed E-state index contributed by atoms with van der Waals surface area (Å²) in [6, 6.07) is 4.08. The van der Waals surface area contributed by atoms with Gasteiger partial charge in [0.25, 0.3) is 17.6 Å². The van der Waals surface area contributed by atoms with Crippen LogP contribution in [0.5, 0.6) is 5.75 Å². The summed E-state index contributed by atoms with van der Waals surface area (Å²) in [4.78, 5) is 29.2. The van der Waals surface area contributed by atoms with E-state index in [1.54, 1.807) is 0 Å². The summed E-state index contributed by atoms with van der Waals surface area (Å²) >= 11 is 0. The maximum absolute atomic E-state index is 13.1. The molecule has 0 saturated carbocycles. The second-order valence-electron chi connectivity index (χ2n) is 6.26. The number of nitrogens with zero attached hydrogens (tertiary/aromatic N) is 3. The van der Waals surface area contributed by atoms with Crippen LogP contribution >= 0.6 is 0 Å². The number of hydrogen-bond acceptors (Lipinski definition) is 6. The van der Waals surface area contributed by atoms with E-state index in [9.17, 15) is 22.8 Å². The molecular formula is C17H17F3N4O4. The molecule has 1 aromatic carbocycles. The van der Waals surface area contributed by atoms with Gasteiger partial charge in [-0.1, -0.05) is 17.3 Å². The molecular weight excluding hydrogens is 381 g/mol. The molecule has 28 heavy (non-hydrogen) atoms. The van der Waals surface area contributed by atoms with Gasteiger partial charge in [-0.15, -0.1) is 0 Å². The zero-order valence-electron chi connectivity index (χ0n) is 14.8. The van der Waals surface area contributed by atoms with Crippen LogP contribution in [0.4, 0.5) is 13.2 Å². The molecule has 150 valence electrons. The Balaban J connectivity index is 1.76. The second-order valence-corrected chi connectivity index (χ2v) is 6.26. The average Bonchev–Trinajstić information content (AvgIpc) is 3.29. The first-order valence-corrected chi connectivity index (χ1v) is 8.45. The van der Waals surface area contributed by atoms with Crippen LogP contribution in [0.2, 0.25) is 0 Å². The van der Waals surface area contributed by atoms with Crippen LogP contribution in [-0.4, -0.2) is 39.5 Å². The number of aromatic nitrogens is 2. The Morgan fingerprint density at radius 1 is 1.36 bits per heavy atom. The third-order valence-corrected chi connectivity index (χ3v) is 4.33. The third-order valence-electron chi connectivity index (χ3n) is 4.33. The largest absolute Gasteiger partial charge is 0.480 e. The lowest BCUT2D eigenvalue weighted by molar-refractivity contribution is -0.144. The number of halogens is 3. The minimum atomic E-state index is -4.61. The molecule has 2 aromatic rings. The Morgan fingerprint density at radius 3 is 2.71 bits per heavy atom. The summed E-state index contributed by atoms with van der Waals surface area (Å²) in [6.07, 6.45) is -4.67. The highest BCUT2D eigenvalue weighted by molar-refractivity contribution is 5.88. The van der Waals surface area contributed by atoms with Gasteiger partial charge in [-0.2, -0.15) is 18.2 Å². The van der Waals surface area contributed by atoms with Crippen molar-refractivity contribution in [3.05, 3.63) is 41.5 Å². The van der Waals surface area contributed by atoms with Gasteiger partial charge >= 0.3 is 6.18 Å². The molecule has 0 spiro atoms. The number of likely N-dealkylation sites (tertiary alicyclic amines) is 1. The zero-order valence-corrected chi connectivity index (χ0v) is 14.8. The van der Waals surface area contributed by atoms with Crippen LogP contribution in [0, 0.1) is 0 Å². The standard InChI is InChI=1S/C17H17F3N4O4/c1-9(27-12-7-3-2-5-10(12)17(18,19)20)16(26)24-8-4-6-11(24)15-22-14(13(21)25)23-28-15/h2-3,5,7,9,11H,4,6,8H2,1H3,(H2,21,25)/t9-,11-/m0/s1. The van der Waals surface area contributed by atoms with Crippen LogP contribution < -0.4 is 10.5 Å². The van der Waals surface area contributed by atoms with E-state index in [0.717, 1.165) is 12.1 Å². The molecule has 2 atom stereocenters. The SMILES string of the molecule is C[C@H](Oc1ccccc1C(F)(F)F)C(=O)N1CCC[C@H]1c1nc(C(N)=O)no1. The topological polar surface area (TPSA) is 112 Å². The van der Waals surface area contributed by atoms with Gasteiger partial charge in [-0.05, 0) is 31.9 Å². The Morgan fingerprint density at radius 2 is 2.07 bits per heavy atom. The molecule has 3 rings (SSSR count). The van der Waals surface area contributed by atoms with Crippen LogP contribution in [0.3, 0.4) is 0 Å². The molecule has 11 heteroatoms. The fraction of sp³-hybridized carbons (Fsp3) is 0.412. The van der Waals surface area contributed by atoms with Crippen molar-refractivity contribution in [3.63, 3.8) is 0 Å². The molecule has 1 saturated heterocycles. The number of carbonyl (C=O) groups excluding carboxylic acids is 2. The van der Waals surface area contributed by atoms with Crippen LogP contribution in [0.25, 0.3) is 0 Å². The monoisotopic (exact) mass is 398 g/mol. The maximum Gasteiger partial charge on any atom is 0.419 e. The molecule has 1 aliphatic heterocycles.